The molecule has 0 saturated carbocycles. The molecular formula is C29H29FN6O. The van der Waals surface area contributed by atoms with Gasteiger partial charge in [-0.3, -0.25) is 9.18 Å². The van der Waals surface area contributed by atoms with Crippen molar-refractivity contribution in [3.63, 3.8) is 0 Å². The minimum absolute atomic E-state index is 0.0225. The molecule has 2 atom stereocenters. The number of nitrogens with one attached hydrogen (secondary N) is 4. The average Bonchev–Trinajstić information content (AvgIpc) is 2.94. The van der Waals surface area contributed by atoms with E-state index in [1.54, 1.807) is 6.20 Å². The molecule has 0 radical (unpaired) electrons. The van der Waals surface area contributed by atoms with Gasteiger partial charge in [-0.25, -0.2) is 9.97 Å². The lowest BCUT2D eigenvalue weighted by Crippen LogP contribution is -2.44. The summed E-state index contributed by atoms with van der Waals surface area (Å²) in [7, 11) is 0. The van der Waals surface area contributed by atoms with Crippen LogP contribution in [-0.4, -0.2) is 41.7 Å². The Balaban J connectivity index is 1.35. The third-order valence-corrected chi connectivity index (χ3v) is 6.54. The van der Waals surface area contributed by atoms with Crippen molar-refractivity contribution in [3.05, 3.63) is 85.6 Å². The molecule has 0 bridgehead atoms. The van der Waals surface area contributed by atoms with E-state index >= 15 is 0 Å². The summed E-state index contributed by atoms with van der Waals surface area (Å²) in [6, 6.07) is 21.5. The Bertz CT molecular complexity index is 1410. The van der Waals surface area contributed by atoms with Crippen LogP contribution in [0.5, 0.6) is 0 Å². The first-order valence-corrected chi connectivity index (χ1v) is 12.3. The first kappa shape index (κ1) is 24.4. The first-order valence-electron chi connectivity index (χ1n) is 12.3. The van der Waals surface area contributed by atoms with E-state index in [9.17, 15) is 9.18 Å². The second-order valence-electron chi connectivity index (χ2n) is 9.07. The number of anilines is 4. The summed E-state index contributed by atoms with van der Waals surface area (Å²) in [5.74, 6) is 0.196. The van der Waals surface area contributed by atoms with Crippen LogP contribution in [0.15, 0.2) is 85.6 Å². The van der Waals surface area contributed by atoms with E-state index in [1.165, 1.54) is 6.08 Å². The highest BCUT2D eigenvalue weighted by Crippen LogP contribution is 2.30. The van der Waals surface area contributed by atoms with Crippen LogP contribution in [0.4, 0.5) is 27.4 Å². The SMILES string of the molecule is C=CC(=O)Nc1cccc(-c2cccc3cnc(Nc4ccc(N[C@@H]5CCNC[C@@H]5CF)cc4)nc23)c1. The summed E-state index contributed by atoms with van der Waals surface area (Å²) in [6.45, 7) is 4.76. The van der Waals surface area contributed by atoms with E-state index in [1.807, 2.05) is 66.7 Å². The second kappa shape index (κ2) is 11.2. The molecule has 0 unspecified atom stereocenters. The smallest absolute Gasteiger partial charge is 0.247 e. The van der Waals surface area contributed by atoms with Gasteiger partial charge in [-0.05, 0) is 61.0 Å². The first-order chi connectivity index (χ1) is 18.1. The minimum Gasteiger partial charge on any atom is -0.382 e. The van der Waals surface area contributed by atoms with E-state index in [4.69, 9.17) is 4.98 Å². The standard InChI is InChI=1S/C29H29FN6O/c1-2-27(37)34-24-7-3-5-19(15-24)25-8-4-6-20-18-32-29(36-28(20)25)35-23-11-9-22(10-12-23)33-26-13-14-31-17-21(26)16-30/h2-12,15,18,21,26,31,33H,1,13-14,16-17H2,(H,34,37)(H,32,35,36)/t21-,26+/m0/s1. The molecule has 1 aromatic heterocycles. The number of hydrogen-bond donors (Lipinski definition) is 4. The van der Waals surface area contributed by atoms with Crippen molar-refractivity contribution in [1.29, 1.82) is 0 Å². The predicted octanol–water partition coefficient (Wildman–Crippen LogP) is 5.52. The van der Waals surface area contributed by atoms with Gasteiger partial charge in [-0.2, -0.15) is 0 Å². The van der Waals surface area contributed by atoms with Crippen molar-refractivity contribution >= 4 is 39.8 Å². The number of carbonyl (C=O) groups is 1. The van der Waals surface area contributed by atoms with Crippen LogP contribution in [-0.2, 0) is 4.79 Å². The number of halogens is 1. The lowest BCUT2D eigenvalue weighted by Gasteiger charge is -2.31. The Morgan fingerprint density at radius 3 is 2.70 bits per heavy atom. The fraction of sp³-hybridized carbons (Fsp3) is 0.207. The molecule has 37 heavy (non-hydrogen) atoms. The van der Waals surface area contributed by atoms with Gasteiger partial charge in [-0.1, -0.05) is 36.9 Å². The van der Waals surface area contributed by atoms with E-state index in [2.05, 4.69) is 32.8 Å². The number of hydrogen-bond acceptors (Lipinski definition) is 6. The molecule has 8 heteroatoms. The Morgan fingerprint density at radius 1 is 1.08 bits per heavy atom. The molecule has 1 fully saturated rings. The number of para-hydroxylation sites is 1. The highest BCUT2D eigenvalue weighted by atomic mass is 19.1. The number of rotatable bonds is 8. The number of carbonyl (C=O) groups excluding carboxylic acids is 1. The molecule has 1 saturated heterocycles. The highest BCUT2D eigenvalue weighted by molar-refractivity contribution is 6.00. The van der Waals surface area contributed by atoms with Gasteiger partial charge in [0.15, 0.2) is 0 Å². The van der Waals surface area contributed by atoms with Crippen LogP contribution < -0.4 is 21.3 Å². The molecule has 188 valence electrons. The lowest BCUT2D eigenvalue weighted by atomic mass is 9.94. The van der Waals surface area contributed by atoms with Crippen molar-refractivity contribution in [2.45, 2.75) is 12.5 Å². The number of nitrogens with zero attached hydrogens (tertiary/aromatic N) is 2. The van der Waals surface area contributed by atoms with E-state index in [0.717, 1.165) is 46.4 Å². The van der Waals surface area contributed by atoms with E-state index in [-0.39, 0.29) is 24.5 Å². The van der Waals surface area contributed by atoms with Crippen molar-refractivity contribution in [3.8, 4) is 11.1 Å². The molecule has 0 aliphatic carbocycles. The molecule has 1 aliphatic rings. The van der Waals surface area contributed by atoms with Crippen molar-refractivity contribution in [1.82, 2.24) is 15.3 Å². The molecule has 0 spiro atoms. The fourth-order valence-corrected chi connectivity index (χ4v) is 4.57. The van der Waals surface area contributed by atoms with Gasteiger partial charge in [-0.15, -0.1) is 0 Å². The van der Waals surface area contributed by atoms with Gasteiger partial charge in [0.1, 0.15) is 0 Å². The van der Waals surface area contributed by atoms with Gasteiger partial charge in [0.2, 0.25) is 11.9 Å². The zero-order chi connectivity index (χ0) is 25.6. The third kappa shape index (κ3) is 5.76. The summed E-state index contributed by atoms with van der Waals surface area (Å²) >= 11 is 0. The Morgan fingerprint density at radius 2 is 1.89 bits per heavy atom. The molecule has 4 aromatic rings. The number of fused-ring (bicyclic) bond motifs is 1. The molecule has 3 aromatic carbocycles. The fourth-order valence-electron chi connectivity index (χ4n) is 4.57. The number of piperidine rings is 1. The Kier molecular flexibility index (Phi) is 7.37. The normalized spacial score (nSPS) is 17.2. The quantitative estimate of drug-likeness (QED) is 0.240. The molecule has 7 nitrogen and oxygen atoms in total. The summed E-state index contributed by atoms with van der Waals surface area (Å²) in [5, 5.41) is 13.7. The Labute approximate surface area is 215 Å². The summed E-state index contributed by atoms with van der Waals surface area (Å²) in [4.78, 5) is 21.0. The number of benzene rings is 3. The predicted molar refractivity (Wildman–Crippen MR) is 148 cm³/mol. The summed E-state index contributed by atoms with van der Waals surface area (Å²) < 4.78 is 13.3. The van der Waals surface area contributed by atoms with Crippen LogP contribution in [0.25, 0.3) is 22.0 Å². The maximum atomic E-state index is 13.3. The average molecular weight is 497 g/mol. The monoisotopic (exact) mass is 496 g/mol. The van der Waals surface area contributed by atoms with Crippen LogP contribution in [0.2, 0.25) is 0 Å². The summed E-state index contributed by atoms with van der Waals surface area (Å²) in [6.07, 6.45) is 3.93. The van der Waals surface area contributed by atoms with Gasteiger partial charge >= 0.3 is 0 Å². The van der Waals surface area contributed by atoms with Gasteiger partial charge in [0.05, 0.1) is 12.2 Å². The molecular weight excluding hydrogens is 467 g/mol. The maximum Gasteiger partial charge on any atom is 0.247 e. The number of aromatic nitrogens is 2. The zero-order valence-electron chi connectivity index (χ0n) is 20.4. The number of amides is 1. The minimum atomic E-state index is -0.334. The molecule has 1 amide bonds. The summed E-state index contributed by atoms with van der Waals surface area (Å²) in [5.41, 5.74) is 5.15. The topological polar surface area (TPSA) is 91.0 Å². The largest absolute Gasteiger partial charge is 0.382 e. The van der Waals surface area contributed by atoms with Crippen molar-refractivity contribution in [2.24, 2.45) is 5.92 Å². The maximum absolute atomic E-state index is 13.3. The highest BCUT2D eigenvalue weighted by Gasteiger charge is 2.24. The van der Waals surface area contributed by atoms with Crippen LogP contribution in [0.1, 0.15) is 6.42 Å². The molecule has 4 N–H and O–H groups in total. The van der Waals surface area contributed by atoms with Crippen molar-refractivity contribution in [2.75, 3.05) is 35.7 Å². The van der Waals surface area contributed by atoms with Gasteiger partial charge in [0, 0.05) is 52.7 Å². The molecule has 5 rings (SSSR count). The molecule has 2 heterocycles. The van der Waals surface area contributed by atoms with Crippen LogP contribution in [0.3, 0.4) is 0 Å². The van der Waals surface area contributed by atoms with E-state index < -0.39 is 0 Å². The van der Waals surface area contributed by atoms with Crippen LogP contribution >= 0.6 is 0 Å². The number of alkyl halides is 1. The third-order valence-electron chi connectivity index (χ3n) is 6.54. The lowest BCUT2D eigenvalue weighted by molar-refractivity contribution is -0.111. The van der Waals surface area contributed by atoms with Gasteiger partial charge in [0.25, 0.3) is 0 Å². The van der Waals surface area contributed by atoms with Crippen molar-refractivity contribution < 1.29 is 9.18 Å². The molecule has 1 aliphatic heterocycles. The Hall–Kier alpha value is -4.30. The van der Waals surface area contributed by atoms with Gasteiger partial charge < -0.3 is 21.3 Å². The van der Waals surface area contributed by atoms with E-state index in [0.29, 0.717) is 18.2 Å². The zero-order valence-corrected chi connectivity index (χ0v) is 20.4. The second-order valence-corrected chi connectivity index (χ2v) is 9.07. The van der Waals surface area contributed by atoms with Crippen LogP contribution in [0, 0.1) is 5.92 Å².